The number of hydrogen-bond donors (Lipinski definition) is 2. The SMILES string of the molecule is CC(C)NC(=O)C(F)(F)c1cn(C)c(C(=O)Nc2ccc(F)c(C#N)c2)c1Cl. The molecule has 0 unspecified atom stereocenters. The molecule has 0 fully saturated rings. The van der Waals surface area contributed by atoms with Crippen molar-refractivity contribution in [3.05, 3.63) is 52.1 Å². The number of amides is 2. The number of anilines is 1. The molecule has 1 heterocycles. The van der Waals surface area contributed by atoms with Crippen LogP contribution in [0.3, 0.4) is 0 Å². The number of aromatic nitrogens is 1. The molecule has 148 valence electrons. The second kappa shape index (κ2) is 7.94. The third-order valence-corrected chi connectivity index (χ3v) is 4.11. The molecule has 0 bridgehead atoms. The molecule has 10 heteroatoms. The van der Waals surface area contributed by atoms with Crippen molar-refractivity contribution in [1.29, 1.82) is 5.26 Å². The first-order valence-electron chi connectivity index (χ1n) is 8.04. The first kappa shape index (κ1) is 21.3. The van der Waals surface area contributed by atoms with Crippen LogP contribution in [-0.4, -0.2) is 22.4 Å². The number of carbonyl (C=O) groups is 2. The summed E-state index contributed by atoms with van der Waals surface area (Å²) in [7, 11) is 1.31. The van der Waals surface area contributed by atoms with E-state index in [1.54, 1.807) is 6.07 Å². The molecule has 2 rings (SSSR count). The number of carbonyl (C=O) groups excluding carboxylic acids is 2. The highest BCUT2D eigenvalue weighted by Crippen LogP contribution is 2.37. The maximum Gasteiger partial charge on any atom is 0.352 e. The van der Waals surface area contributed by atoms with Crippen LogP contribution >= 0.6 is 11.6 Å². The number of hydrogen-bond acceptors (Lipinski definition) is 3. The molecule has 1 aromatic carbocycles. The molecule has 0 radical (unpaired) electrons. The summed E-state index contributed by atoms with van der Waals surface area (Å²) in [5, 5.41) is 12.7. The van der Waals surface area contributed by atoms with Crippen molar-refractivity contribution in [3.63, 3.8) is 0 Å². The summed E-state index contributed by atoms with van der Waals surface area (Å²) in [5.41, 5.74) is -1.37. The summed E-state index contributed by atoms with van der Waals surface area (Å²) in [6.07, 6.45) is 0.891. The van der Waals surface area contributed by atoms with Gasteiger partial charge in [0.2, 0.25) is 0 Å². The van der Waals surface area contributed by atoms with Gasteiger partial charge in [-0.05, 0) is 32.0 Å². The first-order valence-corrected chi connectivity index (χ1v) is 8.41. The lowest BCUT2D eigenvalue weighted by Crippen LogP contribution is -2.41. The van der Waals surface area contributed by atoms with Gasteiger partial charge in [-0.2, -0.15) is 14.0 Å². The van der Waals surface area contributed by atoms with Crippen LogP contribution in [-0.2, 0) is 17.8 Å². The van der Waals surface area contributed by atoms with Gasteiger partial charge >= 0.3 is 5.92 Å². The molecule has 0 aliphatic heterocycles. The number of halogens is 4. The van der Waals surface area contributed by atoms with Crippen molar-refractivity contribution in [3.8, 4) is 6.07 Å². The van der Waals surface area contributed by atoms with Crippen LogP contribution in [0.1, 0.15) is 35.5 Å². The van der Waals surface area contributed by atoms with Gasteiger partial charge in [0.15, 0.2) is 0 Å². The number of rotatable bonds is 5. The van der Waals surface area contributed by atoms with Gasteiger partial charge in [-0.3, -0.25) is 9.59 Å². The van der Waals surface area contributed by atoms with E-state index in [9.17, 15) is 22.8 Å². The fourth-order valence-electron chi connectivity index (χ4n) is 2.43. The Morgan fingerprint density at radius 1 is 1.32 bits per heavy atom. The molecule has 0 atom stereocenters. The summed E-state index contributed by atoms with van der Waals surface area (Å²) >= 11 is 5.99. The van der Waals surface area contributed by atoms with Crippen LogP contribution in [0.25, 0.3) is 0 Å². The number of nitrogens with zero attached hydrogens (tertiary/aromatic N) is 2. The molecular weight excluding hydrogens is 397 g/mol. The molecule has 0 spiro atoms. The Kier molecular flexibility index (Phi) is 6.04. The summed E-state index contributed by atoms with van der Waals surface area (Å²) in [6.45, 7) is 3.05. The highest BCUT2D eigenvalue weighted by molar-refractivity contribution is 6.35. The quantitative estimate of drug-likeness (QED) is 0.787. The van der Waals surface area contributed by atoms with Crippen LogP contribution in [0.4, 0.5) is 18.9 Å². The Hall–Kier alpha value is -2.99. The van der Waals surface area contributed by atoms with E-state index < -0.39 is 40.2 Å². The third kappa shape index (κ3) is 4.12. The van der Waals surface area contributed by atoms with E-state index in [0.717, 1.165) is 22.9 Å². The number of nitrogens with one attached hydrogen (secondary N) is 2. The van der Waals surface area contributed by atoms with Gasteiger partial charge < -0.3 is 15.2 Å². The number of aryl methyl sites for hydroxylation is 1. The monoisotopic (exact) mass is 412 g/mol. The Balaban J connectivity index is 2.36. The van der Waals surface area contributed by atoms with Crippen LogP contribution in [0.15, 0.2) is 24.4 Å². The van der Waals surface area contributed by atoms with Crippen LogP contribution < -0.4 is 10.6 Å². The van der Waals surface area contributed by atoms with Gasteiger partial charge in [-0.1, -0.05) is 11.6 Å². The molecule has 2 amide bonds. The molecule has 28 heavy (non-hydrogen) atoms. The van der Waals surface area contributed by atoms with Crippen molar-refractivity contribution in [1.82, 2.24) is 9.88 Å². The van der Waals surface area contributed by atoms with Gasteiger partial charge in [-0.25, -0.2) is 4.39 Å². The number of alkyl halides is 2. The minimum atomic E-state index is -3.96. The zero-order valence-corrected chi connectivity index (χ0v) is 15.9. The summed E-state index contributed by atoms with van der Waals surface area (Å²) in [4.78, 5) is 24.3. The molecule has 2 aromatic rings. The van der Waals surface area contributed by atoms with Crippen molar-refractivity contribution < 1.29 is 22.8 Å². The van der Waals surface area contributed by atoms with Crippen molar-refractivity contribution in [2.75, 3.05) is 5.32 Å². The van der Waals surface area contributed by atoms with Gasteiger partial charge in [-0.15, -0.1) is 0 Å². The Morgan fingerprint density at radius 2 is 1.96 bits per heavy atom. The second-order valence-corrected chi connectivity index (χ2v) is 6.66. The molecule has 6 nitrogen and oxygen atoms in total. The van der Waals surface area contributed by atoms with E-state index >= 15 is 0 Å². The predicted molar refractivity (Wildman–Crippen MR) is 96.7 cm³/mol. The van der Waals surface area contributed by atoms with E-state index in [1.165, 1.54) is 27.0 Å². The molecule has 1 aromatic heterocycles. The predicted octanol–water partition coefficient (Wildman–Crippen LogP) is 3.56. The Labute approximate surface area is 163 Å². The van der Waals surface area contributed by atoms with Crippen molar-refractivity contribution in [2.45, 2.75) is 25.8 Å². The van der Waals surface area contributed by atoms with E-state index in [4.69, 9.17) is 16.9 Å². The minimum absolute atomic E-state index is 0.0751. The average molecular weight is 413 g/mol. The molecule has 2 N–H and O–H groups in total. The normalized spacial score (nSPS) is 11.2. The summed E-state index contributed by atoms with van der Waals surface area (Å²) < 4.78 is 43.4. The van der Waals surface area contributed by atoms with Crippen LogP contribution in [0.2, 0.25) is 5.02 Å². The fourth-order valence-corrected chi connectivity index (χ4v) is 2.82. The first-order chi connectivity index (χ1) is 13.0. The molecule has 0 saturated heterocycles. The largest absolute Gasteiger partial charge is 0.352 e. The number of benzene rings is 1. The van der Waals surface area contributed by atoms with Crippen LogP contribution in [0.5, 0.6) is 0 Å². The smallest absolute Gasteiger partial charge is 0.348 e. The minimum Gasteiger partial charge on any atom is -0.348 e. The van der Waals surface area contributed by atoms with Gasteiger partial charge in [0.05, 0.1) is 16.1 Å². The summed E-state index contributed by atoms with van der Waals surface area (Å²) in [6, 6.07) is 4.39. The second-order valence-electron chi connectivity index (χ2n) is 6.28. The molecule has 0 saturated carbocycles. The lowest BCUT2D eigenvalue weighted by atomic mass is 10.1. The van der Waals surface area contributed by atoms with Crippen molar-refractivity contribution >= 4 is 29.1 Å². The zero-order chi connectivity index (χ0) is 21.2. The zero-order valence-electron chi connectivity index (χ0n) is 15.1. The highest BCUT2D eigenvalue weighted by atomic mass is 35.5. The van der Waals surface area contributed by atoms with Crippen molar-refractivity contribution in [2.24, 2.45) is 7.05 Å². The number of nitriles is 1. The highest BCUT2D eigenvalue weighted by Gasteiger charge is 2.45. The molecular formula is C18H16ClF3N4O2. The van der Waals surface area contributed by atoms with Crippen LogP contribution in [0, 0.1) is 17.1 Å². The fraction of sp³-hybridized carbons (Fsp3) is 0.278. The lowest BCUT2D eigenvalue weighted by Gasteiger charge is -2.17. The Morgan fingerprint density at radius 3 is 2.54 bits per heavy atom. The topological polar surface area (TPSA) is 86.9 Å². The summed E-state index contributed by atoms with van der Waals surface area (Å²) in [5.74, 6) is -7.13. The van der Waals surface area contributed by atoms with Gasteiger partial charge in [0.1, 0.15) is 17.6 Å². The van der Waals surface area contributed by atoms with E-state index in [-0.39, 0.29) is 16.9 Å². The van der Waals surface area contributed by atoms with Gasteiger partial charge in [0.25, 0.3) is 11.8 Å². The maximum atomic E-state index is 14.5. The van der Waals surface area contributed by atoms with E-state index in [2.05, 4.69) is 10.6 Å². The molecule has 0 aliphatic rings. The Bertz CT molecular complexity index is 980. The van der Waals surface area contributed by atoms with E-state index in [0.29, 0.717) is 0 Å². The standard InChI is InChI=1S/C18H16ClF3N4O2/c1-9(2)24-17(28)18(21,22)12-8-26(3)15(14(12)19)16(27)25-11-4-5-13(20)10(6-11)7-23/h4-6,8-9H,1-3H3,(H,24,28)(H,25,27). The van der Waals surface area contributed by atoms with Gasteiger partial charge in [0, 0.05) is 25.0 Å². The lowest BCUT2D eigenvalue weighted by molar-refractivity contribution is -0.147. The third-order valence-electron chi connectivity index (χ3n) is 3.72. The maximum absolute atomic E-state index is 14.5. The van der Waals surface area contributed by atoms with E-state index in [1.807, 2.05) is 0 Å². The molecule has 0 aliphatic carbocycles. The average Bonchev–Trinajstić information content (AvgIpc) is 2.91.